The molecular formula is C32H31N9O2. The van der Waals surface area contributed by atoms with Gasteiger partial charge in [0.05, 0.1) is 42.3 Å². The Hall–Kier alpha value is -5.21. The second-order valence-electron chi connectivity index (χ2n) is 10.8. The number of para-hydroxylation sites is 1. The molecule has 2 fully saturated rings. The molecule has 0 bridgehead atoms. The molecular weight excluding hydrogens is 542 g/mol. The predicted molar refractivity (Wildman–Crippen MR) is 163 cm³/mol. The number of aryl methyl sites for hydroxylation is 1. The largest absolute Gasteiger partial charge is 0.378 e. The van der Waals surface area contributed by atoms with Crippen molar-refractivity contribution >= 4 is 22.9 Å². The minimum atomic E-state index is 0.0664. The lowest BCUT2D eigenvalue weighted by Crippen LogP contribution is -2.49. The second kappa shape index (κ2) is 11.2. The van der Waals surface area contributed by atoms with Gasteiger partial charge in [-0.25, -0.2) is 9.50 Å². The molecule has 1 amide bonds. The lowest BCUT2D eigenvalue weighted by Gasteiger charge is -2.36. The average Bonchev–Trinajstić information content (AvgIpc) is 3.70. The Labute approximate surface area is 249 Å². The van der Waals surface area contributed by atoms with Crippen LogP contribution in [0.2, 0.25) is 0 Å². The van der Waals surface area contributed by atoms with Gasteiger partial charge in [-0.3, -0.25) is 9.48 Å². The van der Waals surface area contributed by atoms with E-state index in [2.05, 4.69) is 32.1 Å². The highest BCUT2D eigenvalue weighted by atomic mass is 16.5. The Bertz CT molecular complexity index is 1820. The third-order valence-electron chi connectivity index (χ3n) is 8.21. The van der Waals surface area contributed by atoms with Crippen LogP contribution in [0.5, 0.6) is 0 Å². The number of morpholine rings is 1. The van der Waals surface area contributed by atoms with Crippen LogP contribution in [0, 0.1) is 11.3 Å². The van der Waals surface area contributed by atoms with Crippen molar-refractivity contribution in [1.29, 1.82) is 5.26 Å². The summed E-state index contributed by atoms with van der Waals surface area (Å²) >= 11 is 0. The van der Waals surface area contributed by atoms with E-state index in [-0.39, 0.29) is 5.91 Å². The molecule has 43 heavy (non-hydrogen) atoms. The van der Waals surface area contributed by atoms with Crippen molar-refractivity contribution in [2.45, 2.75) is 0 Å². The van der Waals surface area contributed by atoms with Crippen LogP contribution in [0.3, 0.4) is 0 Å². The van der Waals surface area contributed by atoms with Crippen LogP contribution < -0.4 is 9.80 Å². The molecule has 7 rings (SSSR count). The summed E-state index contributed by atoms with van der Waals surface area (Å²) in [6.45, 7) is 5.56. The molecule has 5 aromatic rings. The average molecular weight is 574 g/mol. The van der Waals surface area contributed by atoms with Crippen LogP contribution in [0.25, 0.3) is 27.8 Å². The maximum Gasteiger partial charge on any atom is 0.256 e. The van der Waals surface area contributed by atoms with Crippen molar-refractivity contribution in [2.24, 2.45) is 7.05 Å². The predicted octanol–water partition coefficient (Wildman–Crippen LogP) is 3.47. The summed E-state index contributed by atoms with van der Waals surface area (Å²) < 4.78 is 9.01. The number of ether oxygens (including phenoxy) is 1. The fourth-order valence-electron chi connectivity index (χ4n) is 5.93. The van der Waals surface area contributed by atoms with Gasteiger partial charge in [0.25, 0.3) is 5.91 Å². The number of nitriles is 1. The Morgan fingerprint density at radius 2 is 1.67 bits per heavy atom. The molecule has 0 atom stereocenters. The first-order chi connectivity index (χ1) is 21.1. The molecule has 0 aliphatic carbocycles. The number of pyridine rings is 2. The number of amides is 1. The van der Waals surface area contributed by atoms with E-state index in [1.54, 1.807) is 15.4 Å². The van der Waals surface area contributed by atoms with E-state index in [1.165, 1.54) is 0 Å². The number of benzene rings is 1. The van der Waals surface area contributed by atoms with Crippen molar-refractivity contribution < 1.29 is 9.53 Å². The van der Waals surface area contributed by atoms with Crippen LogP contribution in [0.15, 0.2) is 73.4 Å². The number of rotatable bonds is 5. The molecule has 0 saturated carbocycles. The molecule has 2 aliphatic heterocycles. The zero-order valence-corrected chi connectivity index (χ0v) is 23.9. The third-order valence-corrected chi connectivity index (χ3v) is 8.21. The highest BCUT2D eigenvalue weighted by molar-refractivity contribution is 6.00. The Balaban J connectivity index is 1.09. The number of carbonyl (C=O) groups is 1. The van der Waals surface area contributed by atoms with Gasteiger partial charge in [-0.1, -0.05) is 12.1 Å². The second-order valence-corrected chi connectivity index (χ2v) is 10.8. The first kappa shape index (κ1) is 26.7. The highest BCUT2D eigenvalue weighted by Crippen LogP contribution is 2.32. The van der Waals surface area contributed by atoms with Gasteiger partial charge >= 0.3 is 0 Å². The van der Waals surface area contributed by atoms with E-state index in [0.29, 0.717) is 45.0 Å². The number of nitrogens with zero attached hydrogens (tertiary/aromatic N) is 9. The monoisotopic (exact) mass is 573 g/mol. The van der Waals surface area contributed by atoms with E-state index < -0.39 is 0 Å². The van der Waals surface area contributed by atoms with Gasteiger partial charge < -0.3 is 19.4 Å². The van der Waals surface area contributed by atoms with Gasteiger partial charge in [-0.15, -0.1) is 0 Å². The quantitative estimate of drug-likeness (QED) is 0.315. The summed E-state index contributed by atoms with van der Waals surface area (Å²) in [7, 11) is 1.88. The standard InChI is InChI=1S/C32H31N9O2/c1-37-21-26(20-35-37)24-16-28(31-25(17-33)19-36-41(31)22-24)23-6-7-30(34-18-23)39-8-10-40(11-9-39)32(42)27-4-2-3-5-29(27)38-12-14-43-15-13-38/h2-7,16,18-22H,8-15H2,1H3. The smallest absolute Gasteiger partial charge is 0.256 e. The first-order valence-corrected chi connectivity index (χ1v) is 14.4. The Kier molecular flexibility index (Phi) is 6.96. The number of anilines is 2. The van der Waals surface area contributed by atoms with E-state index >= 15 is 0 Å². The van der Waals surface area contributed by atoms with Crippen molar-refractivity contribution in [2.75, 3.05) is 62.3 Å². The van der Waals surface area contributed by atoms with Crippen molar-refractivity contribution in [3.05, 3.63) is 84.6 Å². The summed E-state index contributed by atoms with van der Waals surface area (Å²) in [6, 6.07) is 16.3. The van der Waals surface area contributed by atoms with Gasteiger partial charge in [-0.2, -0.15) is 15.5 Å². The lowest BCUT2D eigenvalue weighted by molar-refractivity contribution is 0.0746. The van der Waals surface area contributed by atoms with Gasteiger partial charge in [-0.05, 0) is 30.3 Å². The summed E-state index contributed by atoms with van der Waals surface area (Å²) in [5, 5.41) is 18.5. The van der Waals surface area contributed by atoms with Gasteiger partial charge in [0, 0.05) is 92.8 Å². The van der Waals surface area contributed by atoms with Gasteiger partial charge in [0.2, 0.25) is 0 Å². The van der Waals surface area contributed by atoms with Gasteiger partial charge in [0.15, 0.2) is 0 Å². The lowest BCUT2D eigenvalue weighted by atomic mass is 10.0. The van der Waals surface area contributed by atoms with E-state index in [0.717, 1.165) is 57.9 Å². The molecule has 2 saturated heterocycles. The molecule has 4 aromatic heterocycles. The first-order valence-electron chi connectivity index (χ1n) is 14.4. The molecule has 0 N–H and O–H groups in total. The number of carbonyl (C=O) groups excluding carboxylic acids is 1. The van der Waals surface area contributed by atoms with Crippen LogP contribution in [-0.4, -0.2) is 87.7 Å². The number of piperazine rings is 1. The van der Waals surface area contributed by atoms with Crippen molar-refractivity contribution in [1.82, 2.24) is 29.3 Å². The Morgan fingerprint density at radius 3 is 2.40 bits per heavy atom. The minimum absolute atomic E-state index is 0.0664. The molecule has 11 heteroatoms. The summed E-state index contributed by atoms with van der Waals surface area (Å²) in [5.41, 5.74) is 6.66. The highest BCUT2D eigenvalue weighted by Gasteiger charge is 2.26. The fraction of sp³-hybridized carbons (Fsp3) is 0.281. The van der Waals surface area contributed by atoms with Crippen LogP contribution in [0.1, 0.15) is 15.9 Å². The van der Waals surface area contributed by atoms with Crippen LogP contribution in [-0.2, 0) is 11.8 Å². The van der Waals surface area contributed by atoms with Gasteiger partial charge in [0.1, 0.15) is 11.9 Å². The number of aromatic nitrogens is 5. The van der Waals surface area contributed by atoms with E-state index in [4.69, 9.17) is 9.72 Å². The molecule has 6 heterocycles. The van der Waals surface area contributed by atoms with E-state index in [1.807, 2.05) is 73.1 Å². The SMILES string of the molecule is Cn1cc(-c2cc(-c3ccc(N4CCN(C(=O)c5ccccc5N5CCOCC5)CC4)nc3)c3c(C#N)cnn3c2)cn1. The summed E-state index contributed by atoms with van der Waals surface area (Å²) in [4.78, 5) is 24.8. The number of hydrogen-bond acceptors (Lipinski definition) is 8. The molecule has 0 unspecified atom stereocenters. The molecule has 0 spiro atoms. The number of fused-ring (bicyclic) bond motifs is 1. The molecule has 0 radical (unpaired) electrons. The number of hydrogen-bond donors (Lipinski definition) is 0. The topological polar surface area (TPSA) is 108 Å². The summed E-state index contributed by atoms with van der Waals surface area (Å²) in [5.74, 6) is 0.926. The minimum Gasteiger partial charge on any atom is -0.378 e. The van der Waals surface area contributed by atoms with Crippen LogP contribution in [0.4, 0.5) is 11.5 Å². The zero-order chi connectivity index (χ0) is 29.3. The van der Waals surface area contributed by atoms with Crippen LogP contribution >= 0.6 is 0 Å². The fourth-order valence-corrected chi connectivity index (χ4v) is 5.93. The zero-order valence-electron chi connectivity index (χ0n) is 23.9. The third kappa shape index (κ3) is 5.06. The molecule has 216 valence electrons. The molecule has 1 aromatic carbocycles. The van der Waals surface area contributed by atoms with Crippen molar-refractivity contribution in [3.63, 3.8) is 0 Å². The molecule has 11 nitrogen and oxygen atoms in total. The maximum atomic E-state index is 13.6. The Morgan fingerprint density at radius 1 is 0.860 bits per heavy atom. The van der Waals surface area contributed by atoms with Crippen molar-refractivity contribution in [3.8, 4) is 28.3 Å². The maximum absolute atomic E-state index is 13.6. The summed E-state index contributed by atoms with van der Waals surface area (Å²) in [6.07, 6.45) is 9.12. The van der Waals surface area contributed by atoms with E-state index in [9.17, 15) is 10.1 Å². The normalized spacial score (nSPS) is 15.6. The molecule has 2 aliphatic rings.